The van der Waals surface area contributed by atoms with E-state index in [0.29, 0.717) is 35.4 Å². The summed E-state index contributed by atoms with van der Waals surface area (Å²) in [6.07, 6.45) is 0. The fourth-order valence-electron chi connectivity index (χ4n) is 3.25. The number of H-pyrrole nitrogens is 1. The van der Waals surface area contributed by atoms with Gasteiger partial charge in [-0.3, -0.25) is 19.4 Å². The number of nitrogens with zero attached hydrogens (tertiary/aromatic N) is 2. The number of carbonyl (C=O) groups is 1. The monoisotopic (exact) mass is 376 g/mol. The Morgan fingerprint density at radius 1 is 1.18 bits per heavy atom. The van der Waals surface area contributed by atoms with E-state index in [9.17, 15) is 9.59 Å². The van der Waals surface area contributed by atoms with Crippen LogP contribution in [0.3, 0.4) is 0 Å². The highest BCUT2D eigenvalue weighted by atomic mass is 16.5. The van der Waals surface area contributed by atoms with Crippen LogP contribution in [-0.4, -0.2) is 33.8 Å². The Morgan fingerprint density at radius 2 is 1.96 bits per heavy atom. The molecule has 0 saturated heterocycles. The van der Waals surface area contributed by atoms with Crippen LogP contribution in [-0.2, 0) is 7.05 Å². The van der Waals surface area contributed by atoms with Gasteiger partial charge in [0.05, 0.1) is 17.5 Å². The maximum atomic E-state index is 12.6. The minimum Gasteiger partial charge on any atom is -0.492 e. The van der Waals surface area contributed by atoms with Crippen LogP contribution in [0.4, 0.5) is 0 Å². The summed E-state index contributed by atoms with van der Waals surface area (Å²) in [4.78, 5) is 29.1. The summed E-state index contributed by atoms with van der Waals surface area (Å²) in [7, 11) is 1.69. The molecule has 4 aromatic rings. The van der Waals surface area contributed by atoms with Gasteiger partial charge < -0.3 is 10.1 Å². The van der Waals surface area contributed by atoms with E-state index in [4.69, 9.17) is 4.74 Å². The third-order valence-electron chi connectivity index (χ3n) is 4.56. The number of hydrogen-bond acceptors (Lipinski definition) is 4. The molecule has 0 bridgehead atoms. The van der Waals surface area contributed by atoms with E-state index in [1.807, 2.05) is 42.5 Å². The van der Waals surface area contributed by atoms with Crippen LogP contribution >= 0.6 is 0 Å². The van der Waals surface area contributed by atoms with Gasteiger partial charge in [-0.05, 0) is 35.9 Å². The highest BCUT2D eigenvalue weighted by Gasteiger charge is 2.17. The molecule has 0 aliphatic rings. The van der Waals surface area contributed by atoms with E-state index in [0.717, 1.165) is 16.5 Å². The molecule has 2 aromatic carbocycles. The predicted octanol–water partition coefficient (Wildman–Crippen LogP) is 2.53. The number of aromatic amines is 1. The molecule has 142 valence electrons. The minimum atomic E-state index is -0.331. The van der Waals surface area contributed by atoms with E-state index in [1.54, 1.807) is 20.0 Å². The molecule has 0 aliphatic heterocycles. The van der Waals surface area contributed by atoms with Crippen LogP contribution in [0, 0.1) is 6.92 Å². The van der Waals surface area contributed by atoms with Crippen LogP contribution in [0.5, 0.6) is 5.75 Å². The molecular formula is C21H20N4O3. The lowest BCUT2D eigenvalue weighted by Crippen LogP contribution is -2.29. The van der Waals surface area contributed by atoms with Gasteiger partial charge in [0.15, 0.2) is 5.65 Å². The molecule has 0 aliphatic carbocycles. The first-order valence-electron chi connectivity index (χ1n) is 8.99. The molecule has 2 aromatic heterocycles. The maximum Gasteiger partial charge on any atom is 0.274 e. The third kappa shape index (κ3) is 3.34. The molecule has 0 saturated carbocycles. The van der Waals surface area contributed by atoms with Gasteiger partial charge in [0, 0.05) is 12.7 Å². The van der Waals surface area contributed by atoms with E-state index < -0.39 is 0 Å². The third-order valence-corrected chi connectivity index (χ3v) is 4.56. The minimum absolute atomic E-state index is 0.293. The van der Waals surface area contributed by atoms with Gasteiger partial charge in [-0.15, -0.1) is 0 Å². The number of pyridine rings is 1. The second-order valence-corrected chi connectivity index (χ2v) is 6.62. The van der Waals surface area contributed by atoms with Crippen LogP contribution in [0.2, 0.25) is 0 Å². The summed E-state index contributed by atoms with van der Waals surface area (Å²) in [6.45, 7) is 2.43. The van der Waals surface area contributed by atoms with Crippen LogP contribution in [0.1, 0.15) is 16.1 Å². The van der Waals surface area contributed by atoms with Gasteiger partial charge >= 0.3 is 0 Å². The SMILES string of the molecule is Cc1cc(C(=O)NCCOc2ccc3ccccc3c2)c2c(=O)[nH]n(C)c2n1. The number of hydrogen-bond donors (Lipinski definition) is 2. The van der Waals surface area contributed by atoms with Crippen molar-refractivity contribution in [2.45, 2.75) is 6.92 Å². The summed E-state index contributed by atoms with van der Waals surface area (Å²) >= 11 is 0. The molecule has 0 fully saturated rings. The number of fused-ring (bicyclic) bond motifs is 2. The smallest absolute Gasteiger partial charge is 0.274 e. The zero-order valence-electron chi connectivity index (χ0n) is 15.7. The summed E-state index contributed by atoms with van der Waals surface area (Å²) in [5.41, 5.74) is 1.11. The summed E-state index contributed by atoms with van der Waals surface area (Å²) in [5, 5.41) is 7.98. The van der Waals surface area contributed by atoms with Crippen LogP contribution in [0.15, 0.2) is 53.3 Å². The number of benzene rings is 2. The Balaban J connectivity index is 1.43. The first kappa shape index (κ1) is 17.8. The number of carbonyl (C=O) groups excluding carboxylic acids is 1. The van der Waals surface area contributed by atoms with Crippen molar-refractivity contribution in [3.8, 4) is 5.75 Å². The molecule has 7 heteroatoms. The normalized spacial score (nSPS) is 11.1. The lowest BCUT2D eigenvalue weighted by molar-refractivity contribution is 0.0948. The number of aromatic nitrogens is 3. The number of rotatable bonds is 5. The first-order valence-corrected chi connectivity index (χ1v) is 8.99. The molecule has 0 radical (unpaired) electrons. The lowest BCUT2D eigenvalue weighted by Gasteiger charge is -2.09. The average molecular weight is 376 g/mol. The van der Waals surface area contributed by atoms with Crippen molar-refractivity contribution in [1.29, 1.82) is 0 Å². The van der Waals surface area contributed by atoms with Crippen molar-refractivity contribution in [2.24, 2.45) is 7.05 Å². The molecule has 1 amide bonds. The second-order valence-electron chi connectivity index (χ2n) is 6.62. The second kappa shape index (κ2) is 7.19. The molecule has 28 heavy (non-hydrogen) atoms. The number of aryl methyl sites for hydroxylation is 2. The maximum absolute atomic E-state index is 12.6. The van der Waals surface area contributed by atoms with Crippen molar-refractivity contribution >= 4 is 27.7 Å². The first-order chi connectivity index (χ1) is 13.5. The molecule has 0 spiro atoms. The van der Waals surface area contributed by atoms with Gasteiger partial charge in [0.2, 0.25) is 0 Å². The highest BCUT2D eigenvalue weighted by Crippen LogP contribution is 2.20. The molecule has 4 rings (SSSR count). The Labute approximate surface area is 160 Å². The van der Waals surface area contributed by atoms with Crippen molar-refractivity contribution in [1.82, 2.24) is 20.1 Å². The van der Waals surface area contributed by atoms with Crippen LogP contribution in [0.25, 0.3) is 21.8 Å². The summed E-state index contributed by atoms with van der Waals surface area (Å²) in [6, 6.07) is 15.5. The lowest BCUT2D eigenvalue weighted by atomic mass is 10.1. The number of ether oxygens (including phenoxy) is 1. The Kier molecular flexibility index (Phi) is 4.57. The molecule has 2 heterocycles. The van der Waals surface area contributed by atoms with Gasteiger partial charge in [0.25, 0.3) is 11.5 Å². The van der Waals surface area contributed by atoms with Gasteiger partial charge in [0.1, 0.15) is 12.4 Å². The largest absolute Gasteiger partial charge is 0.492 e. The van der Waals surface area contributed by atoms with Gasteiger partial charge in [-0.25, -0.2) is 4.98 Å². The molecule has 0 unspecified atom stereocenters. The van der Waals surface area contributed by atoms with E-state index in [-0.39, 0.29) is 11.5 Å². The van der Waals surface area contributed by atoms with E-state index in [2.05, 4.69) is 15.4 Å². The standard InChI is InChI=1S/C21H20N4O3/c1-13-11-17(18-19(23-13)25(2)24-21(18)27)20(26)22-9-10-28-16-8-7-14-5-3-4-6-15(14)12-16/h3-8,11-12H,9-10H2,1-2H3,(H,22,26)(H,24,27). The Morgan fingerprint density at radius 3 is 2.79 bits per heavy atom. The van der Waals surface area contributed by atoms with Crippen molar-refractivity contribution < 1.29 is 9.53 Å². The fourth-order valence-corrected chi connectivity index (χ4v) is 3.25. The Bertz CT molecular complexity index is 1240. The van der Waals surface area contributed by atoms with Gasteiger partial charge in [-0.2, -0.15) is 0 Å². The number of amides is 1. The topological polar surface area (TPSA) is 89.0 Å². The molecule has 2 N–H and O–H groups in total. The fraction of sp³-hybridized carbons (Fsp3) is 0.190. The summed E-state index contributed by atoms with van der Waals surface area (Å²) in [5.74, 6) is 0.420. The zero-order valence-corrected chi connectivity index (χ0v) is 15.7. The molecule has 7 nitrogen and oxygen atoms in total. The number of nitrogens with one attached hydrogen (secondary N) is 2. The van der Waals surface area contributed by atoms with Crippen molar-refractivity contribution in [3.05, 3.63) is 70.1 Å². The molecule has 0 atom stereocenters. The van der Waals surface area contributed by atoms with Crippen molar-refractivity contribution in [3.63, 3.8) is 0 Å². The zero-order chi connectivity index (χ0) is 19.7. The summed E-state index contributed by atoms with van der Waals surface area (Å²) < 4.78 is 7.26. The quantitative estimate of drug-likeness (QED) is 0.524. The van der Waals surface area contributed by atoms with Crippen molar-refractivity contribution in [2.75, 3.05) is 13.2 Å². The van der Waals surface area contributed by atoms with E-state index >= 15 is 0 Å². The highest BCUT2D eigenvalue weighted by molar-refractivity contribution is 6.05. The van der Waals surface area contributed by atoms with E-state index in [1.165, 1.54) is 4.68 Å². The van der Waals surface area contributed by atoms with Crippen LogP contribution < -0.4 is 15.6 Å². The predicted molar refractivity (Wildman–Crippen MR) is 108 cm³/mol. The van der Waals surface area contributed by atoms with Gasteiger partial charge in [-0.1, -0.05) is 30.3 Å². The average Bonchev–Trinajstić information content (AvgIpc) is 2.98. The Hall–Kier alpha value is -3.61. The molecular weight excluding hydrogens is 356 g/mol.